The normalized spacial score (nSPS) is 11.6. The van der Waals surface area contributed by atoms with Crippen LogP contribution in [-0.4, -0.2) is 12.5 Å². The Labute approximate surface area is 151 Å². The van der Waals surface area contributed by atoms with Gasteiger partial charge in [0.05, 0.1) is 0 Å². The topological polar surface area (TPSA) is 38.3 Å². The van der Waals surface area contributed by atoms with E-state index in [1.54, 1.807) is 24.3 Å². The molecule has 0 saturated carbocycles. The number of anilines is 1. The maximum absolute atomic E-state index is 12.1. The van der Waals surface area contributed by atoms with Crippen LogP contribution >= 0.6 is 11.6 Å². The molecule has 25 heavy (non-hydrogen) atoms. The van der Waals surface area contributed by atoms with Gasteiger partial charge in [0.2, 0.25) is 0 Å². The number of amides is 1. The molecule has 4 heteroatoms. The highest BCUT2D eigenvalue weighted by Crippen LogP contribution is 2.37. The summed E-state index contributed by atoms with van der Waals surface area (Å²) in [4.78, 5) is 12.1. The zero-order valence-electron chi connectivity index (χ0n) is 13.5. The first-order valence-electron chi connectivity index (χ1n) is 8.08. The first kappa shape index (κ1) is 15.7. The number of carbonyl (C=O) groups is 1. The van der Waals surface area contributed by atoms with Crippen LogP contribution in [0.4, 0.5) is 5.69 Å². The van der Waals surface area contributed by atoms with Gasteiger partial charge in [0, 0.05) is 10.7 Å². The number of nitrogens with one attached hydrogen (secondary N) is 1. The lowest BCUT2D eigenvalue weighted by Gasteiger charge is -2.09. The zero-order chi connectivity index (χ0) is 17.2. The summed E-state index contributed by atoms with van der Waals surface area (Å²) in [5.74, 6) is 0.425. The number of halogens is 1. The minimum Gasteiger partial charge on any atom is -0.484 e. The van der Waals surface area contributed by atoms with Crippen molar-refractivity contribution in [1.29, 1.82) is 0 Å². The predicted octanol–water partition coefficient (Wildman–Crippen LogP) is 4.93. The number of carbonyl (C=O) groups excluding carboxylic acids is 1. The molecule has 3 nitrogen and oxygen atoms in total. The highest BCUT2D eigenvalue weighted by atomic mass is 35.5. The van der Waals surface area contributed by atoms with Gasteiger partial charge in [0.15, 0.2) is 6.61 Å². The summed E-state index contributed by atoms with van der Waals surface area (Å²) in [5, 5.41) is 3.53. The quantitative estimate of drug-likeness (QED) is 0.567. The number of ether oxygens (including phenoxy) is 1. The monoisotopic (exact) mass is 349 g/mol. The van der Waals surface area contributed by atoms with Crippen molar-refractivity contribution in [2.75, 3.05) is 11.9 Å². The van der Waals surface area contributed by atoms with Crippen LogP contribution < -0.4 is 10.1 Å². The Morgan fingerprint density at radius 1 is 0.960 bits per heavy atom. The van der Waals surface area contributed by atoms with Crippen LogP contribution in [0.2, 0.25) is 5.02 Å². The third-order valence-electron chi connectivity index (χ3n) is 4.26. The van der Waals surface area contributed by atoms with Gasteiger partial charge < -0.3 is 10.1 Å². The van der Waals surface area contributed by atoms with Crippen LogP contribution in [-0.2, 0) is 11.2 Å². The molecule has 1 aliphatic rings. The van der Waals surface area contributed by atoms with Crippen LogP contribution in [0.5, 0.6) is 5.75 Å². The fourth-order valence-electron chi connectivity index (χ4n) is 3.10. The third kappa shape index (κ3) is 3.37. The van der Waals surface area contributed by atoms with Gasteiger partial charge in [-0.15, -0.1) is 0 Å². The Hall–Kier alpha value is -2.78. The molecule has 0 aromatic heterocycles. The molecule has 3 aromatic rings. The van der Waals surface area contributed by atoms with Gasteiger partial charge >= 0.3 is 0 Å². The van der Waals surface area contributed by atoms with Crippen molar-refractivity contribution >= 4 is 23.2 Å². The molecule has 4 rings (SSSR count). The van der Waals surface area contributed by atoms with Crippen molar-refractivity contribution in [2.45, 2.75) is 6.42 Å². The number of fused-ring (bicyclic) bond motifs is 3. The Morgan fingerprint density at radius 2 is 1.72 bits per heavy atom. The molecular weight excluding hydrogens is 334 g/mol. The number of hydrogen-bond donors (Lipinski definition) is 1. The van der Waals surface area contributed by atoms with Crippen LogP contribution in [0.1, 0.15) is 11.1 Å². The van der Waals surface area contributed by atoms with Crippen molar-refractivity contribution in [3.63, 3.8) is 0 Å². The lowest BCUT2D eigenvalue weighted by Crippen LogP contribution is -2.20. The lowest BCUT2D eigenvalue weighted by atomic mass is 10.1. The van der Waals surface area contributed by atoms with E-state index >= 15 is 0 Å². The SMILES string of the molecule is O=C(COc1ccc(Cl)cc1)Nc1ccc2c(c1)Cc1ccccc1-2. The molecule has 0 radical (unpaired) electrons. The van der Waals surface area contributed by atoms with E-state index < -0.39 is 0 Å². The molecule has 0 unspecified atom stereocenters. The largest absolute Gasteiger partial charge is 0.484 e. The minimum absolute atomic E-state index is 0.0427. The molecule has 0 saturated heterocycles. The van der Waals surface area contributed by atoms with Crippen LogP contribution in [0, 0.1) is 0 Å². The van der Waals surface area contributed by atoms with Crippen molar-refractivity contribution in [3.8, 4) is 16.9 Å². The Balaban J connectivity index is 1.41. The maximum Gasteiger partial charge on any atom is 0.262 e. The average Bonchev–Trinajstić information content (AvgIpc) is 2.99. The summed E-state index contributed by atoms with van der Waals surface area (Å²) in [6.07, 6.45) is 0.899. The fourth-order valence-corrected chi connectivity index (χ4v) is 3.23. The van der Waals surface area contributed by atoms with E-state index in [1.165, 1.54) is 22.3 Å². The second kappa shape index (κ2) is 6.61. The van der Waals surface area contributed by atoms with Gasteiger partial charge in [0.25, 0.3) is 5.91 Å². The summed E-state index contributed by atoms with van der Waals surface area (Å²) in [5.41, 5.74) is 5.87. The molecule has 1 aliphatic carbocycles. The number of rotatable bonds is 4. The molecular formula is C21H16ClNO2. The summed E-state index contributed by atoms with van der Waals surface area (Å²) < 4.78 is 5.47. The van der Waals surface area contributed by atoms with E-state index in [0.29, 0.717) is 10.8 Å². The molecule has 0 bridgehead atoms. The fraction of sp³-hybridized carbons (Fsp3) is 0.0952. The number of benzene rings is 3. The molecule has 0 atom stereocenters. The molecule has 0 fully saturated rings. The molecule has 0 spiro atoms. The molecule has 124 valence electrons. The van der Waals surface area contributed by atoms with Crippen molar-refractivity contribution in [3.05, 3.63) is 82.9 Å². The highest BCUT2D eigenvalue weighted by molar-refractivity contribution is 6.30. The van der Waals surface area contributed by atoms with E-state index in [-0.39, 0.29) is 12.5 Å². The van der Waals surface area contributed by atoms with E-state index in [9.17, 15) is 4.79 Å². The van der Waals surface area contributed by atoms with Crippen molar-refractivity contribution in [2.24, 2.45) is 0 Å². The predicted molar refractivity (Wildman–Crippen MR) is 100 cm³/mol. The van der Waals surface area contributed by atoms with Crippen LogP contribution in [0.3, 0.4) is 0 Å². The van der Waals surface area contributed by atoms with E-state index in [2.05, 4.69) is 35.6 Å². The van der Waals surface area contributed by atoms with Crippen LogP contribution in [0.25, 0.3) is 11.1 Å². The van der Waals surface area contributed by atoms with E-state index in [1.807, 2.05) is 12.1 Å². The second-order valence-electron chi connectivity index (χ2n) is 6.00. The Morgan fingerprint density at radius 3 is 2.56 bits per heavy atom. The first-order valence-corrected chi connectivity index (χ1v) is 8.46. The van der Waals surface area contributed by atoms with Crippen LogP contribution in [0.15, 0.2) is 66.7 Å². The Kier molecular flexibility index (Phi) is 4.16. The third-order valence-corrected chi connectivity index (χ3v) is 4.51. The van der Waals surface area contributed by atoms with E-state index in [4.69, 9.17) is 16.3 Å². The highest BCUT2D eigenvalue weighted by Gasteiger charge is 2.18. The lowest BCUT2D eigenvalue weighted by molar-refractivity contribution is -0.118. The van der Waals surface area contributed by atoms with Gasteiger partial charge in [0.1, 0.15) is 5.75 Å². The molecule has 3 aromatic carbocycles. The Bertz CT molecular complexity index is 935. The van der Waals surface area contributed by atoms with E-state index in [0.717, 1.165) is 12.1 Å². The maximum atomic E-state index is 12.1. The smallest absolute Gasteiger partial charge is 0.262 e. The zero-order valence-corrected chi connectivity index (χ0v) is 14.2. The minimum atomic E-state index is -0.189. The van der Waals surface area contributed by atoms with Crippen molar-refractivity contribution in [1.82, 2.24) is 0 Å². The second-order valence-corrected chi connectivity index (χ2v) is 6.43. The first-order chi connectivity index (χ1) is 12.2. The molecule has 1 amide bonds. The number of hydrogen-bond acceptors (Lipinski definition) is 2. The van der Waals surface area contributed by atoms with Gasteiger partial charge in [-0.1, -0.05) is 41.9 Å². The summed E-state index contributed by atoms with van der Waals surface area (Å²) in [6, 6.07) is 21.4. The van der Waals surface area contributed by atoms with Crippen molar-refractivity contribution < 1.29 is 9.53 Å². The van der Waals surface area contributed by atoms with Gasteiger partial charge in [-0.2, -0.15) is 0 Å². The molecule has 0 heterocycles. The van der Waals surface area contributed by atoms with Gasteiger partial charge in [-0.05, 0) is 65.1 Å². The standard InChI is InChI=1S/C21H16ClNO2/c22-16-5-8-18(9-6-16)25-13-21(24)23-17-7-10-20-15(12-17)11-14-3-1-2-4-19(14)20/h1-10,12H,11,13H2,(H,23,24). The van der Waals surface area contributed by atoms with Gasteiger partial charge in [-0.25, -0.2) is 0 Å². The molecule has 0 aliphatic heterocycles. The summed E-state index contributed by atoms with van der Waals surface area (Å²) >= 11 is 5.83. The average molecular weight is 350 g/mol. The van der Waals surface area contributed by atoms with Gasteiger partial charge in [-0.3, -0.25) is 4.79 Å². The molecule has 1 N–H and O–H groups in total. The summed E-state index contributed by atoms with van der Waals surface area (Å²) in [6.45, 7) is -0.0427. The summed E-state index contributed by atoms with van der Waals surface area (Å²) in [7, 11) is 0.